The van der Waals surface area contributed by atoms with Gasteiger partial charge in [0, 0.05) is 42.9 Å². The maximum Gasteiger partial charge on any atom is 0.416 e. The van der Waals surface area contributed by atoms with E-state index in [4.69, 9.17) is 11.6 Å². The number of nitrogens with zero attached hydrogens (tertiary/aromatic N) is 2. The van der Waals surface area contributed by atoms with Crippen LogP contribution < -0.4 is 10.2 Å². The lowest BCUT2D eigenvalue weighted by Crippen LogP contribution is -2.61. The van der Waals surface area contributed by atoms with Crippen molar-refractivity contribution in [2.24, 2.45) is 5.92 Å². The summed E-state index contributed by atoms with van der Waals surface area (Å²) in [4.78, 5) is 17.6. The molecular weight excluding hydrogens is 439 g/mol. The van der Waals surface area contributed by atoms with Gasteiger partial charge in [-0.3, -0.25) is 9.69 Å². The average molecular weight is 464 g/mol. The Bertz CT molecular complexity index is 1010. The molecule has 32 heavy (non-hydrogen) atoms. The highest BCUT2D eigenvalue weighted by atomic mass is 35.5. The van der Waals surface area contributed by atoms with Crippen molar-refractivity contribution >= 4 is 23.2 Å². The van der Waals surface area contributed by atoms with Crippen LogP contribution in [-0.2, 0) is 23.9 Å². The standard InChI is InChI=1S/C24H25ClF3N3O/c25-18-4-1-15(2-5-18)13-30-9-10-31-21-8-3-17(24(26,27)28)11-16(21)12-20(22(31)14-30)23(32)29-19-6-7-19/h1-5,8,11,19-20,22H,6-7,9-10,12-14H2,(H,29,32). The maximum atomic E-state index is 13.3. The van der Waals surface area contributed by atoms with Crippen LogP contribution in [0.2, 0.25) is 5.02 Å². The van der Waals surface area contributed by atoms with Crippen molar-refractivity contribution in [3.8, 4) is 0 Å². The van der Waals surface area contributed by atoms with Gasteiger partial charge in [0.05, 0.1) is 17.5 Å². The molecule has 3 aliphatic rings. The van der Waals surface area contributed by atoms with E-state index in [-0.39, 0.29) is 23.9 Å². The van der Waals surface area contributed by atoms with Gasteiger partial charge in [-0.15, -0.1) is 0 Å². The SMILES string of the molecule is O=C(NC1CC1)C1Cc2cc(C(F)(F)F)ccc2N2CCN(Cc3ccc(Cl)cc3)CC12. The van der Waals surface area contributed by atoms with Crippen molar-refractivity contribution in [2.75, 3.05) is 24.5 Å². The minimum atomic E-state index is -4.39. The number of nitrogens with one attached hydrogen (secondary N) is 1. The zero-order valence-corrected chi connectivity index (χ0v) is 18.3. The fraction of sp³-hybridized carbons (Fsp3) is 0.458. The van der Waals surface area contributed by atoms with E-state index in [0.717, 1.165) is 43.2 Å². The van der Waals surface area contributed by atoms with E-state index in [9.17, 15) is 18.0 Å². The monoisotopic (exact) mass is 463 g/mol. The summed E-state index contributed by atoms with van der Waals surface area (Å²) in [5.74, 6) is -0.418. The van der Waals surface area contributed by atoms with Crippen molar-refractivity contribution in [1.82, 2.24) is 10.2 Å². The van der Waals surface area contributed by atoms with Crippen LogP contribution >= 0.6 is 11.6 Å². The number of benzene rings is 2. The van der Waals surface area contributed by atoms with Crippen molar-refractivity contribution in [1.29, 1.82) is 0 Å². The Morgan fingerprint density at radius 2 is 1.84 bits per heavy atom. The second kappa shape index (κ2) is 8.27. The molecule has 1 saturated heterocycles. The average Bonchev–Trinajstić information content (AvgIpc) is 3.57. The molecule has 0 radical (unpaired) electrons. The first-order chi connectivity index (χ1) is 15.3. The summed E-state index contributed by atoms with van der Waals surface area (Å²) >= 11 is 6.00. The molecule has 0 aromatic heterocycles. The molecular formula is C24H25ClF3N3O. The Morgan fingerprint density at radius 1 is 1.09 bits per heavy atom. The third-order valence-corrected chi connectivity index (χ3v) is 6.96. The lowest BCUT2D eigenvalue weighted by atomic mass is 9.82. The van der Waals surface area contributed by atoms with Gasteiger partial charge in [0.2, 0.25) is 5.91 Å². The molecule has 0 spiro atoms. The van der Waals surface area contributed by atoms with Gasteiger partial charge in [0.25, 0.3) is 0 Å². The molecule has 170 valence electrons. The molecule has 1 saturated carbocycles. The second-order valence-electron chi connectivity index (χ2n) is 9.06. The Hall–Kier alpha value is -2.25. The summed E-state index contributed by atoms with van der Waals surface area (Å²) in [6, 6.07) is 11.8. The van der Waals surface area contributed by atoms with Gasteiger partial charge in [-0.2, -0.15) is 13.2 Å². The number of amides is 1. The van der Waals surface area contributed by atoms with Crippen LogP contribution in [0.4, 0.5) is 18.9 Å². The number of hydrogen-bond donors (Lipinski definition) is 1. The first-order valence-electron chi connectivity index (χ1n) is 11.0. The molecule has 0 bridgehead atoms. The number of piperazine rings is 1. The fourth-order valence-electron chi connectivity index (χ4n) is 4.89. The quantitative estimate of drug-likeness (QED) is 0.725. The lowest BCUT2D eigenvalue weighted by Gasteiger charge is -2.49. The third kappa shape index (κ3) is 4.46. The first kappa shape index (κ1) is 21.6. The van der Waals surface area contributed by atoms with Gasteiger partial charge in [-0.1, -0.05) is 23.7 Å². The number of anilines is 1. The fourth-order valence-corrected chi connectivity index (χ4v) is 5.01. The van der Waals surface area contributed by atoms with Crippen LogP contribution in [0.3, 0.4) is 0 Å². The summed E-state index contributed by atoms with van der Waals surface area (Å²) in [5, 5.41) is 3.77. The van der Waals surface area contributed by atoms with E-state index in [0.29, 0.717) is 30.1 Å². The largest absolute Gasteiger partial charge is 0.416 e. The molecule has 2 aromatic carbocycles. The zero-order chi connectivity index (χ0) is 22.5. The minimum absolute atomic E-state index is 0.0427. The molecule has 2 unspecified atom stereocenters. The van der Waals surface area contributed by atoms with E-state index in [2.05, 4.69) is 15.1 Å². The Kier molecular flexibility index (Phi) is 5.58. The van der Waals surface area contributed by atoms with Crippen LogP contribution in [0.15, 0.2) is 42.5 Å². The summed E-state index contributed by atoms with van der Waals surface area (Å²) in [6.07, 6.45) is -2.11. The van der Waals surface area contributed by atoms with Gasteiger partial charge in [-0.25, -0.2) is 0 Å². The van der Waals surface area contributed by atoms with Crippen LogP contribution in [0.5, 0.6) is 0 Å². The number of hydrogen-bond acceptors (Lipinski definition) is 3. The molecule has 1 N–H and O–H groups in total. The topological polar surface area (TPSA) is 35.6 Å². The van der Waals surface area contributed by atoms with Gasteiger partial charge < -0.3 is 10.2 Å². The molecule has 2 aliphatic heterocycles. The molecule has 2 aromatic rings. The highest BCUT2D eigenvalue weighted by Crippen LogP contribution is 2.40. The molecule has 2 fully saturated rings. The molecule has 1 amide bonds. The van der Waals surface area contributed by atoms with Crippen molar-refractivity contribution in [2.45, 2.75) is 44.1 Å². The number of fused-ring (bicyclic) bond motifs is 3. The number of alkyl halides is 3. The predicted molar refractivity (Wildman–Crippen MR) is 118 cm³/mol. The number of carbonyl (C=O) groups is 1. The maximum absolute atomic E-state index is 13.3. The number of carbonyl (C=O) groups excluding carboxylic acids is 1. The van der Waals surface area contributed by atoms with Gasteiger partial charge in [0.15, 0.2) is 0 Å². The highest BCUT2D eigenvalue weighted by molar-refractivity contribution is 6.30. The van der Waals surface area contributed by atoms with E-state index in [1.165, 1.54) is 6.07 Å². The summed E-state index contributed by atoms with van der Waals surface area (Å²) in [7, 11) is 0. The van der Waals surface area contributed by atoms with Crippen molar-refractivity contribution < 1.29 is 18.0 Å². The Morgan fingerprint density at radius 3 is 2.53 bits per heavy atom. The van der Waals surface area contributed by atoms with E-state index in [1.807, 2.05) is 24.3 Å². The first-order valence-corrected chi connectivity index (χ1v) is 11.4. The molecule has 2 atom stereocenters. The molecule has 1 aliphatic carbocycles. The van der Waals surface area contributed by atoms with Gasteiger partial charge >= 0.3 is 6.18 Å². The van der Waals surface area contributed by atoms with Gasteiger partial charge in [-0.05, 0) is 60.7 Å². The summed E-state index contributed by atoms with van der Waals surface area (Å²) in [6.45, 7) is 2.88. The van der Waals surface area contributed by atoms with Gasteiger partial charge in [0.1, 0.15) is 0 Å². The van der Waals surface area contributed by atoms with E-state index in [1.54, 1.807) is 6.07 Å². The van der Waals surface area contributed by atoms with E-state index >= 15 is 0 Å². The highest BCUT2D eigenvalue weighted by Gasteiger charge is 2.43. The van der Waals surface area contributed by atoms with Crippen LogP contribution in [0.25, 0.3) is 0 Å². The van der Waals surface area contributed by atoms with Crippen molar-refractivity contribution in [3.05, 3.63) is 64.2 Å². The van der Waals surface area contributed by atoms with Crippen LogP contribution in [0.1, 0.15) is 29.5 Å². The zero-order valence-electron chi connectivity index (χ0n) is 17.5. The molecule has 4 nitrogen and oxygen atoms in total. The molecule has 2 heterocycles. The molecule has 5 rings (SSSR count). The summed E-state index contributed by atoms with van der Waals surface area (Å²) in [5.41, 5.74) is 1.92. The Balaban J connectivity index is 1.41. The Labute approximate surface area is 190 Å². The smallest absolute Gasteiger partial charge is 0.365 e. The third-order valence-electron chi connectivity index (χ3n) is 6.70. The van der Waals surface area contributed by atoms with E-state index < -0.39 is 11.7 Å². The molecule has 8 heteroatoms. The van der Waals surface area contributed by atoms with Crippen molar-refractivity contribution in [3.63, 3.8) is 0 Å². The van der Waals surface area contributed by atoms with Crippen LogP contribution in [0, 0.1) is 5.92 Å². The predicted octanol–water partition coefficient (Wildman–Crippen LogP) is 4.50. The normalized spacial score (nSPS) is 23.4. The summed E-state index contributed by atoms with van der Waals surface area (Å²) < 4.78 is 39.9. The second-order valence-corrected chi connectivity index (χ2v) is 9.49. The minimum Gasteiger partial charge on any atom is -0.365 e. The van der Waals surface area contributed by atoms with Crippen LogP contribution in [-0.4, -0.2) is 42.5 Å². The lowest BCUT2D eigenvalue weighted by molar-refractivity contribution is -0.137. The number of halogens is 4. The number of rotatable bonds is 4.